The molecule has 0 aromatic rings. The molecule has 0 aromatic heterocycles. The monoisotopic (exact) mass is 209 g/mol. The highest BCUT2D eigenvalue weighted by Gasteiger charge is 1.99. The smallest absolute Gasteiger partial charge is 0.148 e. The van der Waals surface area contributed by atoms with Gasteiger partial charge in [0.15, 0.2) is 0 Å². The van der Waals surface area contributed by atoms with Gasteiger partial charge in [0, 0.05) is 26.0 Å². The third-order valence-corrected chi connectivity index (χ3v) is 2.37. The number of sulfone groups is 1. The Balaban J connectivity index is 3.09. The molecular weight excluding hydrogens is 190 g/mol. The molecule has 0 atom stereocenters. The zero-order chi connectivity index (χ0) is 10.2. The highest BCUT2D eigenvalue weighted by Crippen LogP contribution is 1.80. The standard InChI is InChI=1S/C8H19NO3S/c1-3-6-12-7-4-9-5-8-13(2,10)11/h9H,3-8H2,1-2H3. The second-order valence-electron chi connectivity index (χ2n) is 2.99. The first kappa shape index (κ1) is 12.9. The molecule has 0 amide bonds. The fourth-order valence-corrected chi connectivity index (χ4v) is 1.29. The maximum atomic E-state index is 10.7. The van der Waals surface area contributed by atoms with Crippen LogP contribution in [0.4, 0.5) is 0 Å². The van der Waals surface area contributed by atoms with Gasteiger partial charge >= 0.3 is 0 Å². The van der Waals surface area contributed by atoms with Gasteiger partial charge in [-0.3, -0.25) is 0 Å². The average Bonchev–Trinajstić information content (AvgIpc) is 2.01. The molecule has 1 N–H and O–H groups in total. The molecule has 0 fully saturated rings. The number of hydrogen-bond donors (Lipinski definition) is 1. The summed E-state index contributed by atoms with van der Waals surface area (Å²) in [4.78, 5) is 0. The Labute approximate surface area is 80.6 Å². The van der Waals surface area contributed by atoms with Crippen molar-refractivity contribution in [1.29, 1.82) is 0 Å². The van der Waals surface area contributed by atoms with Crippen molar-refractivity contribution in [3.8, 4) is 0 Å². The van der Waals surface area contributed by atoms with E-state index in [-0.39, 0.29) is 5.75 Å². The third-order valence-electron chi connectivity index (χ3n) is 1.42. The van der Waals surface area contributed by atoms with Crippen molar-refractivity contribution in [2.24, 2.45) is 0 Å². The fraction of sp³-hybridized carbons (Fsp3) is 1.00. The Kier molecular flexibility index (Phi) is 7.22. The molecule has 0 bridgehead atoms. The van der Waals surface area contributed by atoms with Gasteiger partial charge in [-0.1, -0.05) is 6.92 Å². The molecule has 0 heterocycles. The Hall–Kier alpha value is -0.130. The predicted octanol–water partition coefficient (Wildman–Crippen LogP) is 0.0472. The number of ether oxygens (including phenoxy) is 1. The van der Waals surface area contributed by atoms with Crippen molar-refractivity contribution in [2.75, 3.05) is 38.3 Å². The van der Waals surface area contributed by atoms with E-state index in [0.29, 0.717) is 13.2 Å². The van der Waals surface area contributed by atoms with Crippen molar-refractivity contribution in [3.63, 3.8) is 0 Å². The molecule has 0 saturated heterocycles. The molecule has 0 aliphatic rings. The molecule has 0 aliphatic heterocycles. The first-order chi connectivity index (χ1) is 6.06. The van der Waals surface area contributed by atoms with Gasteiger partial charge in [-0.15, -0.1) is 0 Å². The number of nitrogens with one attached hydrogen (secondary N) is 1. The second-order valence-corrected chi connectivity index (χ2v) is 5.25. The first-order valence-electron chi connectivity index (χ1n) is 4.52. The molecule has 0 aromatic carbocycles. The van der Waals surface area contributed by atoms with Crippen LogP contribution >= 0.6 is 0 Å². The van der Waals surface area contributed by atoms with E-state index in [1.54, 1.807) is 0 Å². The van der Waals surface area contributed by atoms with Crippen LogP contribution in [0.15, 0.2) is 0 Å². The normalized spacial score (nSPS) is 11.8. The van der Waals surface area contributed by atoms with Gasteiger partial charge in [-0.25, -0.2) is 8.42 Å². The molecule has 4 nitrogen and oxygen atoms in total. The first-order valence-corrected chi connectivity index (χ1v) is 6.58. The third kappa shape index (κ3) is 11.9. The van der Waals surface area contributed by atoms with Gasteiger partial charge in [-0.05, 0) is 6.42 Å². The SMILES string of the molecule is CCCOCCNCCS(C)(=O)=O. The topological polar surface area (TPSA) is 55.4 Å². The van der Waals surface area contributed by atoms with Crippen molar-refractivity contribution >= 4 is 9.84 Å². The molecule has 0 rings (SSSR count). The lowest BCUT2D eigenvalue weighted by atomic mass is 10.5. The quantitative estimate of drug-likeness (QED) is 0.574. The minimum Gasteiger partial charge on any atom is -0.380 e. The summed E-state index contributed by atoms with van der Waals surface area (Å²) in [5.41, 5.74) is 0. The van der Waals surface area contributed by atoms with Crippen LogP contribution in [0.5, 0.6) is 0 Å². The van der Waals surface area contributed by atoms with Gasteiger partial charge in [0.2, 0.25) is 0 Å². The Morgan fingerprint density at radius 2 is 1.92 bits per heavy atom. The van der Waals surface area contributed by atoms with Crippen LogP contribution in [0, 0.1) is 0 Å². The Bertz CT molecular complexity index is 201. The van der Waals surface area contributed by atoms with Gasteiger partial charge in [-0.2, -0.15) is 0 Å². The maximum Gasteiger partial charge on any atom is 0.148 e. The number of rotatable bonds is 8. The van der Waals surface area contributed by atoms with E-state index >= 15 is 0 Å². The molecule has 0 radical (unpaired) electrons. The van der Waals surface area contributed by atoms with Crippen molar-refractivity contribution in [1.82, 2.24) is 5.32 Å². The lowest BCUT2D eigenvalue weighted by Gasteiger charge is -2.04. The summed E-state index contributed by atoms with van der Waals surface area (Å²) in [5, 5.41) is 3.00. The van der Waals surface area contributed by atoms with Crippen LogP contribution < -0.4 is 5.32 Å². The minimum absolute atomic E-state index is 0.195. The summed E-state index contributed by atoms with van der Waals surface area (Å²) < 4.78 is 26.6. The minimum atomic E-state index is -2.82. The fourth-order valence-electron chi connectivity index (χ4n) is 0.773. The van der Waals surface area contributed by atoms with E-state index in [9.17, 15) is 8.42 Å². The van der Waals surface area contributed by atoms with Crippen molar-refractivity contribution in [2.45, 2.75) is 13.3 Å². The Morgan fingerprint density at radius 3 is 2.46 bits per heavy atom. The summed E-state index contributed by atoms with van der Waals surface area (Å²) in [5.74, 6) is 0.195. The van der Waals surface area contributed by atoms with E-state index in [1.165, 1.54) is 6.26 Å². The molecule has 5 heteroatoms. The van der Waals surface area contributed by atoms with Gasteiger partial charge in [0.1, 0.15) is 9.84 Å². The lowest BCUT2D eigenvalue weighted by Crippen LogP contribution is -2.25. The Morgan fingerprint density at radius 1 is 1.23 bits per heavy atom. The van der Waals surface area contributed by atoms with Crippen molar-refractivity contribution < 1.29 is 13.2 Å². The van der Waals surface area contributed by atoms with E-state index in [2.05, 4.69) is 12.2 Å². The zero-order valence-corrected chi connectivity index (χ0v) is 9.19. The summed E-state index contributed by atoms with van der Waals surface area (Å²) >= 11 is 0. The molecule has 0 unspecified atom stereocenters. The molecular formula is C8H19NO3S. The van der Waals surface area contributed by atoms with E-state index in [4.69, 9.17) is 4.74 Å². The largest absolute Gasteiger partial charge is 0.380 e. The molecule has 13 heavy (non-hydrogen) atoms. The van der Waals surface area contributed by atoms with Crippen LogP contribution in [0.1, 0.15) is 13.3 Å². The summed E-state index contributed by atoms with van der Waals surface area (Å²) in [7, 11) is -2.82. The van der Waals surface area contributed by atoms with Crippen LogP contribution in [-0.2, 0) is 14.6 Å². The van der Waals surface area contributed by atoms with E-state index < -0.39 is 9.84 Å². The van der Waals surface area contributed by atoms with Gasteiger partial charge in [0.05, 0.1) is 12.4 Å². The van der Waals surface area contributed by atoms with Crippen LogP contribution in [-0.4, -0.2) is 46.7 Å². The summed E-state index contributed by atoms with van der Waals surface area (Å²) in [6.07, 6.45) is 2.26. The molecule has 0 saturated carbocycles. The summed E-state index contributed by atoms with van der Waals surface area (Å²) in [6, 6.07) is 0. The molecule has 0 aliphatic carbocycles. The van der Waals surface area contributed by atoms with E-state index in [1.807, 2.05) is 0 Å². The highest BCUT2D eigenvalue weighted by molar-refractivity contribution is 7.90. The number of hydrogen-bond acceptors (Lipinski definition) is 4. The lowest BCUT2D eigenvalue weighted by molar-refractivity contribution is 0.137. The van der Waals surface area contributed by atoms with Gasteiger partial charge in [0.25, 0.3) is 0 Å². The summed E-state index contributed by atoms with van der Waals surface area (Å²) in [6.45, 7) is 4.70. The predicted molar refractivity (Wildman–Crippen MR) is 53.7 cm³/mol. The second kappa shape index (κ2) is 7.29. The van der Waals surface area contributed by atoms with Gasteiger partial charge < -0.3 is 10.1 Å². The van der Waals surface area contributed by atoms with Crippen LogP contribution in [0.2, 0.25) is 0 Å². The average molecular weight is 209 g/mol. The highest BCUT2D eigenvalue weighted by atomic mass is 32.2. The molecule has 80 valence electrons. The molecule has 0 spiro atoms. The van der Waals surface area contributed by atoms with E-state index in [0.717, 1.165) is 19.6 Å². The van der Waals surface area contributed by atoms with Crippen LogP contribution in [0.3, 0.4) is 0 Å². The maximum absolute atomic E-state index is 10.7. The van der Waals surface area contributed by atoms with Crippen LogP contribution in [0.25, 0.3) is 0 Å². The zero-order valence-electron chi connectivity index (χ0n) is 8.38. The van der Waals surface area contributed by atoms with Crippen molar-refractivity contribution in [3.05, 3.63) is 0 Å².